The van der Waals surface area contributed by atoms with Crippen molar-refractivity contribution in [1.82, 2.24) is 5.01 Å². The van der Waals surface area contributed by atoms with E-state index in [1.165, 1.54) is 19.2 Å². The van der Waals surface area contributed by atoms with Crippen LogP contribution < -0.4 is 5.06 Å². The van der Waals surface area contributed by atoms with Crippen LogP contribution in [-0.4, -0.2) is 43.0 Å². The smallest absolute Gasteiger partial charge is 0.369 e. The normalized spacial score (nSPS) is 20.7. The highest BCUT2D eigenvalue weighted by Gasteiger charge is 2.54. The molecule has 0 aliphatic carbocycles. The van der Waals surface area contributed by atoms with E-state index in [9.17, 15) is 9.59 Å². The summed E-state index contributed by atoms with van der Waals surface area (Å²) >= 11 is 11.9. The van der Waals surface area contributed by atoms with Crippen LogP contribution in [0.3, 0.4) is 0 Å². The monoisotopic (exact) mass is 449 g/mol. The molecule has 30 heavy (non-hydrogen) atoms. The van der Waals surface area contributed by atoms with E-state index in [1.807, 2.05) is 0 Å². The van der Waals surface area contributed by atoms with Gasteiger partial charge in [0.25, 0.3) is 0 Å². The number of urea groups is 1. The molecule has 2 unspecified atom stereocenters. The van der Waals surface area contributed by atoms with Crippen LogP contribution >= 0.6 is 23.2 Å². The number of nitrogens with zero attached hydrogens (tertiary/aromatic N) is 3. The van der Waals surface area contributed by atoms with Gasteiger partial charge in [-0.3, -0.25) is 9.63 Å². The van der Waals surface area contributed by atoms with Crippen molar-refractivity contribution >= 4 is 46.6 Å². The molecule has 0 saturated heterocycles. The zero-order valence-electron chi connectivity index (χ0n) is 16.9. The van der Waals surface area contributed by atoms with Gasteiger partial charge in [-0.05, 0) is 55.8 Å². The minimum atomic E-state index is -1.20. The second kappa shape index (κ2) is 8.63. The molecule has 0 aromatic heterocycles. The molecule has 9 heteroatoms. The molecule has 1 heterocycles. The van der Waals surface area contributed by atoms with E-state index in [-0.39, 0.29) is 0 Å². The van der Waals surface area contributed by atoms with E-state index in [0.717, 1.165) is 5.06 Å². The number of ether oxygens (including phenoxy) is 1. The fourth-order valence-electron chi connectivity index (χ4n) is 3.36. The van der Waals surface area contributed by atoms with Gasteiger partial charge in [0, 0.05) is 10.0 Å². The summed E-state index contributed by atoms with van der Waals surface area (Å²) < 4.78 is 5.05. The summed E-state index contributed by atoms with van der Waals surface area (Å²) in [7, 11) is 2.68. The summed E-state index contributed by atoms with van der Waals surface area (Å²) in [5.41, 5.74) is 0.329. The first-order valence-corrected chi connectivity index (χ1v) is 9.86. The van der Waals surface area contributed by atoms with Crippen LogP contribution in [0.15, 0.2) is 53.6 Å². The van der Waals surface area contributed by atoms with E-state index in [0.29, 0.717) is 27.0 Å². The molecule has 3 rings (SSSR count). The lowest BCUT2D eigenvalue weighted by atomic mass is 9.77. The lowest BCUT2D eigenvalue weighted by Crippen LogP contribution is -2.50. The lowest BCUT2D eigenvalue weighted by Gasteiger charge is -2.32. The minimum absolute atomic E-state index is 0.402. The van der Waals surface area contributed by atoms with E-state index < -0.39 is 23.5 Å². The molecule has 2 aromatic rings. The zero-order chi connectivity index (χ0) is 22.1. The van der Waals surface area contributed by atoms with Crippen LogP contribution in [0.4, 0.5) is 10.5 Å². The molecule has 1 aliphatic rings. The Labute approximate surface area is 184 Å². The quantitative estimate of drug-likeness (QED) is 0.497. The SMILES string of the molecule is COC(=O)C1(C)C(c2ccc(Cl)cc2)=NN(C(=O)N(OC)c2ccc(Cl)cc2)C1C. The number of methoxy groups -OCH3 is 1. The Bertz CT molecular complexity index is 979. The Hall–Kier alpha value is -2.61. The first kappa shape index (κ1) is 22.1. The van der Waals surface area contributed by atoms with Crippen molar-refractivity contribution in [2.45, 2.75) is 19.9 Å². The topological polar surface area (TPSA) is 71.4 Å². The number of benzene rings is 2. The number of anilines is 1. The number of esters is 1. The van der Waals surface area contributed by atoms with Gasteiger partial charge in [0.05, 0.1) is 31.7 Å². The largest absolute Gasteiger partial charge is 0.468 e. The Morgan fingerprint density at radius 1 is 1.03 bits per heavy atom. The summed E-state index contributed by atoms with van der Waals surface area (Å²) in [6, 6.07) is 12.3. The summed E-state index contributed by atoms with van der Waals surface area (Å²) in [6.07, 6.45) is 0. The number of carbonyl (C=O) groups excluding carboxylic acids is 2. The van der Waals surface area contributed by atoms with Crippen LogP contribution in [0.25, 0.3) is 0 Å². The minimum Gasteiger partial charge on any atom is -0.468 e. The van der Waals surface area contributed by atoms with E-state index >= 15 is 0 Å². The van der Waals surface area contributed by atoms with Gasteiger partial charge in [-0.1, -0.05) is 35.3 Å². The van der Waals surface area contributed by atoms with Crippen LogP contribution in [0, 0.1) is 5.41 Å². The Balaban J connectivity index is 2.05. The number of hydrazone groups is 1. The van der Waals surface area contributed by atoms with Gasteiger partial charge in [-0.15, -0.1) is 0 Å². The van der Waals surface area contributed by atoms with Crippen molar-refractivity contribution in [3.63, 3.8) is 0 Å². The highest BCUT2D eigenvalue weighted by molar-refractivity contribution is 6.31. The highest BCUT2D eigenvalue weighted by atomic mass is 35.5. The maximum atomic E-state index is 13.3. The molecule has 2 amide bonds. The number of halogens is 2. The molecule has 0 radical (unpaired) electrons. The number of hydrogen-bond donors (Lipinski definition) is 0. The van der Waals surface area contributed by atoms with Gasteiger partial charge in [0.15, 0.2) is 0 Å². The molecule has 0 spiro atoms. The third kappa shape index (κ3) is 3.76. The molecule has 2 atom stereocenters. The van der Waals surface area contributed by atoms with E-state index in [1.54, 1.807) is 62.4 Å². The van der Waals surface area contributed by atoms with Gasteiger partial charge in [0.1, 0.15) is 5.41 Å². The highest BCUT2D eigenvalue weighted by Crippen LogP contribution is 2.39. The summed E-state index contributed by atoms with van der Waals surface area (Å²) in [6.45, 7) is 3.43. The van der Waals surface area contributed by atoms with E-state index in [4.69, 9.17) is 32.8 Å². The van der Waals surface area contributed by atoms with E-state index in [2.05, 4.69) is 5.10 Å². The molecular weight excluding hydrogens is 429 g/mol. The van der Waals surface area contributed by atoms with Crippen LogP contribution in [0.1, 0.15) is 19.4 Å². The second-order valence-corrected chi connectivity index (χ2v) is 7.78. The maximum absolute atomic E-state index is 13.3. The lowest BCUT2D eigenvalue weighted by molar-refractivity contribution is -0.149. The van der Waals surface area contributed by atoms with Gasteiger partial charge < -0.3 is 4.74 Å². The number of hydroxylamine groups is 1. The number of rotatable bonds is 4. The fourth-order valence-corrected chi connectivity index (χ4v) is 3.61. The van der Waals surface area contributed by atoms with Crippen LogP contribution in [0.5, 0.6) is 0 Å². The van der Waals surface area contributed by atoms with Gasteiger partial charge in [0.2, 0.25) is 0 Å². The van der Waals surface area contributed by atoms with Gasteiger partial charge >= 0.3 is 12.0 Å². The third-order valence-electron chi connectivity index (χ3n) is 5.24. The van der Waals surface area contributed by atoms with Crippen molar-refractivity contribution in [1.29, 1.82) is 0 Å². The standard InChI is InChI=1S/C21H21Cl2N3O4/c1-13-21(2,19(27)29-3)18(14-5-7-15(22)8-6-14)24-25(13)20(28)26(30-4)17-11-9-16(23)10-12-17/h5-13H,1-4H3. The number of hydrogen-bond acceptors (Lipinski definition) is 5. The van der Waals surface area contributed by atoms with Crippen molar-refractivity contribution in [2.75, 3.05) is 19.3 Å². The molecule has 0 fully saturated rings. The number of carbonyl (C=O) groups is 2. The van der Waals surface area contributed by atoms with Gasteiger partial charge in [-0.25, -0.2) is 9.80 Å². The van der Waals surface area contributed by atoms with Crippen molar-refractivity contribution < 1.29 is 19.2 Å². The Kier molecular flexibility index (Phi) is 6.36. The van der Waals surface area contributed by atoms with Crippen LogP contribution in [0.2, 0.25) is 10.0 Å². The molecule has 0 bridgehead atoms. The molecule has 0 N–H and O–H groups in total. The first-order chi connectivity index (χ1) is 14.2. The molecular formula is C21H21Cl2N3O4. The summed E-state index contributed by atoms with van der Waals surface area (Å²) in [4.78, 5) is 31.4. The average molecular weight is 450 g/mol. The van der Waals surface area contributed by atoms with Crippen molar-refractivity contribution in [3.8, 4) is 0 Å². The molecule has 7 nitrogen and oxygen atoms in total. The Morgan fingerprint density at radius 2 is 1.57 bits per heavy atom. The second-order valence-electron chi connectivity index (χ2n) is 6.91. The first-order valence-electron chi connectivity index (χ1n) is 9.10. The Morgan fingerprint density at radius 3 is 2.07 bits per heavy atom. The molecule has 158 valence electrons. The zero-order valence-corrected chi connectivity index (χ0v) is 18.4. The van der Waals surface area contributed by atoms with Crippen molar-refractivity contribution in [3.05, 3.63) is 64.1 Å². The summed E-state index contributed by atoms with van der Waals surface area (Å²) in [5.74, 6) is -0.505. The van der Waals surface area contributed by atoms with Gasteiger partial charge in [-0.2, -0.15) is 10.2 Å². The van der Waals surface area contributed by atoms with Crippen molar-refractivity contribution in [2.24, 2.45) is 10.5 Å². The predicted octanol–water partition coefficient (Wildman–Crippen LogP) is 4.77. The number of amides is 2. The predicted molar refractivity (Wildman–Crippen MR) is 116 cm³/mol. The average Bonchev–Trinajstić information content (AvgIpc) is 3.02. The third-order valence-corrected chi connectivity index (χ3v) is 5.75. The molecule has 0 saturated carbocycles. The fraction of sp³-hybridized carbons (Fsp3) is 0.286. The van der Waals surface area contributed by atoms with Crippen LogP contribution in [-0.2, 0) is 14.4 Å². The summed E-state index contributed by atoms with van der Waals surface area (Å²) in [5, 5.41) is 7.89. The molecule has 2 aromatic carbocycles. The molecule has 1 aliphatic heterocycles. The maximum Gasteiger partial charge on any atom is 0.369 e.